The van der Waals surface area contributed by atoms with Gasteiger partial charge in [-0.2, -0.15) is 0 Å². The summed E-state index contributed by atoms with van der Waals surface area (Å²) in [6, 6.07) is 0. The smallest absolute Gasteiger partial charge is 0.358 e. The zero-order valence-corrected chi connectivity index (χ0v) is 10.8. The molecule has 8 nitrogen and oxygen atoms in total. The summed E-state index contributed by atoms with van der Waals surface area (Å²) in [5, 5.41) is 20.9. The average molecular weight is 281 g/mol. The van der Waals surface area contributed by atoms with Gasteiger partial charge in [-0.1, -0.05) is 5.21 Å². The van der Waals surface area contributed by atoms with Crippen LogP contribution < -0.4 is 5.32 Å². The van der Waals surface area contributed by atoms with Crippen LogP contribution in [0.15, 0.2) is 11.6 Å². The van der Waals surface area contributed by atoms with Crippen molar-refractivity contribution in [1.29, 1.82) is 0 Å². The molecule has 0 bridgehead atoms. The van der Waals surface area contributed by atoms with Crippen molar-refractivity contribution in [3.63, 3.8) is 0 Å². The number of aromatic carboxylic acids is 1. The highest BCUT2D eigenvalue weighted by Crippen LogP contribution is 2.07. The molecule has 0 aliphatic heterocycles. The molecule has 0 atom stereocenters. The number of rotatable bonds is 5. The Balaban J connectivity index is 1.83. The van der Waals surface area contributed by atoms with Crippen molar-refractivity contribution in [3.05, 3.63) is 28.0 Å². The van der Waals surface area contributed by atoms with Gasteiger partial charge in [0.1, 0.15) is 5.69 Å². The van der Waals surface area contributed by atoms with E-state index >= 15 is 0 Å². The number of carbonyl (C=O) groups is 2. The first-order chi connectivity index (χ1) is 9.06. The molecule has 2 aromatic heterocycles. The van der Waals surface area contributed by atoms with Crippen LogP contribution in [0.1, 0.15) is 26.0 Å². The first-order valence-electron chi connectivity index (χ1n) is 5.40. The summed E-state index contributed by atoms with van der Waals surface area (Å²) in [6.45, 7) is 2.48. The van der Waals surface area contributed by atoms with Crippen molar-refractivity contribution in [3.8, 4) is 0 Å². The van der Waals surface area contributed by atoms with E-state index in [0.717, 1.165) is 5.01 Å². The fraction of sp³-hybridized carbons (Fsp3) is 0.300. The van der Waals surface area contributed by atoms with E-state index < -0.39 is 5.97 Å². The zero-order chi connectivity index (χ0) is 13.8. The van der Waals surface area contributed by atoms with Crippen LogP contribution in [-0.4, -0.2) is 43.5 Å². The Morgan fingerprint density at radius 1 is 1.47 bits per heavy atom. The molecule has 0 spiro atoms. The number of hydrogen-bond donors (Lipinski definition) is 2. The second-order valence-electron chi connectivity index (χ2n) is 3.68. The third-order valence-electron chi connectivity index (χ3n) is 2.24. The first-order valence-corrected chi connectivity index (χ1v) is 6.28. The normalized spacial score (nSPS) is 10.4. The van der Waals surface area contributed by atoms with Gasteiger partial charge in [-0.05, 0) is 6.92 Å². The molecule has 0 aliphatic carbocycles. The minimum Gasteiger partial charge on any atom is -0.476 e. The second-order valence-corrected chi connectivity index (χ2v) is 4.74. The fourth-order valence-corrected chi connectivity index (χ4v) is 1.94. The van der Waals surface area contributed by atoms with E-state index in [-0.39, 0.29) is 11.6 Å². The van der Waals surface area contributed by atoms with Crippen molar-refractivity contribution >= 4 is 23.2 Å². The molecule has 9 heteroatoms. The van der Waals surface area contributed by atoms with Crippen molar-refractivity contribution in [2.45, 2.75) is 13.5 Å². The predicted molar refractivity (Wildman–Crippen MR) is 66.2 cm³/mol. The number of hydrogen-bond acceptors (Lipinski definition) is 6. The minimum atomic E-state index is -1.13. The molecule has 0 saturated carbocycles. The third kappa shape index (κ3) is 3.35. The summed E-state index contributed by atoms with van der Waals surface area (Å²) in [7, 11) is 0. The van der Waals surface area contributed by atoms with Crippen LogP contribution in [-0.2, 0) is 6.54 Å². The van der Waals surface area contributed by atoms with Gasteiger partial charge >= 0.3 is 5.97 Å². The summed E-state index contributed by atoms with van der Waals surface area (Å²) in [4.78, 5) is 26.3. The van der Waals surface area contributed by atoms with Crippen molar-refractivity contribution in [2.24, 2.45) is 0 Å². The first kappa shape index (κ1) is 13.1. The Labute approximate surface area is 112 Å². The fourth-order valence-electron chi connectivity index (χ4n) is 1.35. The highest BCUT2D eigenvalue weighted by atomic mass is 32.1. The summed E-state index contributed by atoms with van der Waals surface area (Å²) in [5.41, 5.74) is 0.258. The molecule has 0 aliphatic rings. The van der Waals surface area contributed by atoms with E-state index in [2.05, 4.69) is 20.6 Å². The quantitative estimate of drug-likeness (QED) is 0.808. The van der Waals surface area contributed by atoms with Gasteiger partial charge in [-0.3, -0.25) is 4.79 Å². The number of thiazole rings is 1. The van der Waals surface area contributed by atoms with E-state index in [4.69, 9.17) is 5.11 Å². The summed E-state index contributed by atoms with van der Waals surface area (Å²) in [6.07, 6.45) is 1.31. The van der Waals surface area contributed by atoms with Crippen LogP contribution in [0.25, 0.3) is 0 Å². The topological polar surface area (TPSA) is 110 Å². The van der Waals surface area contributed by atoms with Crippen LogP contribution in [0, 0.1) is 6.92 Å². The SMILES string of the molecule is Cc1nc(C(=O)NCCn2cc(C(=O)O)nn2)cs1. The Bertz CT molecular complexity index is 606. The third-order valence-corrected chi connectivity index (χ3v) is 3.01. The Hall–Kier alpha value is -2.29. The number of aryl methyl sites for hydroxylation is 1. The van der Waals surface area contributed by atoms with E-state index in [0.29, 0.717) is 18.8 Å². The summed E-state index contributed by atoms with van der Waals surface area (Å²) < 4.78 is 1.36. The Morgan fingerprint density at radius 3 is 2.84 bits per heavy atom. The number of nitrogens with zero attached hydrogens (tertiary/aromatic N) is 4. The molecule has 100 valence electrons. The molecule has 0 unspecified atom stereocenters. The number of amides is 1. The van der Waals surface area contributed by atoms with Crippen molar-refractivity contribution in [1.82, 2.24) is 25.3 Å². The lowest BCUT2D eigenvalue weighted by atomic mass is 10.4. The lowest BCUT2D eigenvalue weighted by Gasteiger charge is -2.02. The van der Waals surface area contributed by atoms with Gasteiger partial charge in [0.25, 0.3) is 5.91 Å². The molecule has 0 aromatic carbocycles. The standard InChI is InChI=1S/C10H11N5O3S/c1-6-12-8(5-19-6)9(16)11-2-3-15-4-7(10(17)18)13-14-15/h4-5H,2-3H2,1H3,(H,11,16)(H,17,18). The van der Waals surface area contributed by atoms with Gasteiger partial charge < -0.3 is 10.4 Å². The summed E-state index contributed by atoms with van der Waals surface area (Å²) in [5.74, 6) is -1.39. The largest absolute Gasteiger partial charge is 0.476 e. The van der Waals surface area contributed by atoms with Gasteiger partial charge in [0.2, 0.25) is 0 Å². The van der Waals surface area contributed by atoms with Gasteiger partial charge in [0, 0.05) is 11.9 Å². The highest BCUT2D eigenvalue weighted by molar-refractivity contribution is 7.09. The number of carboxylic acids is 1. The Kier molecular flexibility index (Phi) is 3.85. The minimum absolute atomic E-state index is 0.124. The number of nitrogens with one attached hydrogen (secondary N) is 1. The molecular formula is C10H11N5O3S. The van der Waals surface area contributed by atoms with Crippen LogP contribution in [0.4, 0.5) is 0 Å². The van der Waals surface area contributed by atoms with Crippen molar-refractivity contribution < 1.29 is 14.7 Å². The van der Waals surface area contributed by atoms with Crippen LogP contribution in [0.3, 0.4) is 0 Å². The number of carbonyl (C=O) groups excluding carboxylic acids is 1. The molecule has 2 aromatic rings. The van der Waals surface area contributed by atoms with Gasteiger partial charge in [0.15, 0.2) is 5.69 Å². The molecule has 19 heavy (non-hydrogen) atoms. The molecule has 0 fully saturated rings. The molecule has 0 radical (unpaired) electrons. The van der Waals surface area contributed by atoms with E-state index in [1.165, 1.54) is 22.2 Å². The number of carboxylic acid groups (broad SMARTS) is 1. The van der Waals surface area contributed by atoms with E-state index in [9.17, 15) is 9.59 Å². The van der Waals surface area contributed by atoms with Gasteiger partial charge in [-0.15, -0.1) is 16.4 Å². The maximum absolute atomic E-state index is 11.7. The molecule has 1 amide bonds. The van der Waals surface area contributed by atoms with Gasteiger partial charge in [0.05, 0.1) is 17.7 Å². The Morgan fingerprint density at radius 2 is 2.26 bits per heavy atom. The van der Waals surface area contributed by atoms with Crippen LogP contribution in [0.2, 0.25) is 0 Å². The summed E-state index contributed by atoms with van der Waals surface area (Å²) >= 11 is 1.40. The number of aromatic nitrogens is 4. The molecule has 0 saturated heterocycles. The molecule has 2 rings (SSSR count). The van der Waals surface area contributed by atoms with E-state index in [1.807, 2.05) is 6.92 Å². The lowest BCUT2D eigenvalue weighted by Crippen LogP contribution is -2.27. The monoisotopic (exact) mass is 281 g/mol. The van der Waals surface area contributed by atoms with E-state index in [1.54, 1.807) is 5.38 Å². The maximum atomic E-state index is 11.7. The van der Waals surface area contributed by atoms with Crippen molar-refractivity contribution in [2.75, 3.05) is 6.54 Å². The molecule has 2 heterocycles. The molecular weight excluding hydrogens is 270 g/mol. The van der Waals surface area contributed by atoms with Crippen LogP contribution >= 0.6 is 11.3 Å². The lowest BCUT2D eigenvalue weighted by molar-refractivity contribution is 0.0690. The highest BCUT2D eigenvalue weighted by Gasteiger charge is 2.10. The second kappa shape index (κ2) is 5.57. The zero-order valence-electron chi connectivity index (χ0n) is 10.0. The van der Waals surface area contributed by atoms with Gasteiger partial charge in [-0.25, -0.2) is 14.5 Å². The molecule has 2 N–H and O–H groups in total. The maximum Gasteiger partial charge on any atom is 0.358 e. The average Bonchev–Trinajstić information content (AvgIpc) is 2.98. The van der Waals surface area contributed by atoms with Crippen LogP contribution in [0.5, 0.6) is 0 Å². The predicted octanol–water partition coefficient (Wildman–Crippen LogP) is 0.171.